The van der Waals surface area contributed by atoms with Crippen LogP contribution in [-0.4, -0.2) is 51.4 Å². The van der Waals surface area contributed by atoms with Gasteiger partial charge in [-0.1, -0.05) is 6.07 Å². The van der Waals surface area contributed by atoms with Crippen LogP contribution in [0.3, 0.4) is 0 Å². The Morgan fingerprint density at radius 3 is 2.57 bits per heavy atom. The minimum absolute atomic E-state index is 0.230. The van der Waals surface area contributed by atoms with E-state index >= 15 is 0 Å². The molecule has 1 heterocycles. The summed E-state index contributed by atoms with van der Waals surface area (Å²) in [5.41, 5.74) is -0.401. The summed E-state index contributed by atoms with van der Waals surface area (Å²) < 4.78 is 40.4. The molecule has 0 saturated carbocycles. The van der Waals surface area contributed by atoms with Crippen LogP contribution >= 0.6 is 0 Å². The highest BCUT2D eigenvalue weighted by Gasteiger charge is 2.31. The molecule has 1 fully saturated rings. The number of nitrogens with zero attached hydrogens (tertiary/aromatic N) is 3. The molecule has 1 saturated heterocycles. The van der Waals surface area contributed by atoms with E-state index in [1.54, 1.807) is 6.07 Å². The lowest BCUT2D eigenvalue weighted by Gasteiger charge is -2.31. The largest absolute Gasteiger partial charge is 0.309 e. The fourth-order valence-electron chi connectivity index (χ4n) is 2.85. The second-order valence-electron chi connectivity index (χ2n) is 6.16. The fourth-order valence-corrected chi connectivity index (χ4v) is 4.47. The molecular weight excluding hydrogens is 317 g/mol. The standard InChI is InChI=1S/C16H22FN3O2S/c1-19(2)9-6-13-7-10-20(11-8-13)23(21,22)16-5-3-4-15(17)14(16)12-18/h3-5,13H,6-11H2,1-2H3. The van der Waals surface area contributed by atoms with E-state index in [0.29, 0.717) is 19.0 Å². The molecule has 0 amide bonds. The van der Waals surface area contributed by atoms with Gasteiger partial charge in [0, 0.05) is 13.1 Å². The Bertz CT molecular complexity index is 690. The number of hydrogen-bond acceptors (Lipinski definition) is 4. The lowest BCUT2D eigenvalue weighted by atomic mass is 9.94. The van der Waals surface area contributed by atoms with E-state index < -0.39 is 21.4 Å². The molecule has 1 aliphatic rings. The topological polar surface area (TPSA) is 64.4 Å². The van der Waals surface area contributed by atoms with Crippen molar-refractivity contribution in [2.24, 2.45) is 5.92 Å². The number of halogens is 1. The molecule has 1 aromatic rings. The van der Waals surface area contributed by atoms with Gasteiger partial charge in [-0.15, -0.1) is 0 Å². The van der Waals surface area contributed by atoms with Crippen LogP contribution in [0.5, 0.6) is 0 Å². The second kappa shape index (κ2) is 7.39. The summed E-state index contributed by atoms with van der Waals surface area (Å²) in [6.45, 7) is 1.82. The van der Waals surface area contributed by atoms with Gasteiger partial charge in [0.25, 0.3) is 0 Å². The summed E-state index contributed by atoms with van der Waals surface area (Å²) >= 11 is 0. The van der Waals surface area contributed by atoms with Crippen LogP contribution in [0.25, 0.3) is 0 Å². The Hall–Kier alpha value is -1.49. The van der Waals surface area contributed by atoms with E-state index in [2.05, 4.69) is 4.90 Å². The van der Waals surface area contributed by atoms with Crippen LogP contribution < -0.4 is 0 Å². The zero-order chi connectivity index (χ0) is 17.0. The third-order valence-electron chi connectivity index (χ3n) is 4.26. The summed E-state index contributed by atoms with van der Waals surface area (Å²) in [5.74, 6) is -0.291. The van der Waals surface area contributed by atoms with E-state index in [9.17, 15) is 12.8 Å². The summed E-state index contributed by atoms with van der Waals surface area (Å²) in [5, 5.41) is 9.05. The summed E-state index contributed by atoms with van der Waals surface area (Å²) in [6.07, 6.45) is 2.64. The number of benzene rings is 1. The molecule has 0 unspecified atom stereocenters. The molecule has 0 N–H and O–H groups in total. The summed E-state index contributed by atoms with van der Waals surface area (Å²) in [7, 11) is 0.220. The number of hydrogen-bond donors (Lipinski definition) is 0. The van der Waals surface area contributed by atoms with Gasteiger partial charge in [-0.2, -0.15) is 9.57 Å². The first-order valence-electron chi connectivity index (χ1n) is 7.69. The van der Waals surface area contributed by atoms with Gasteiger partial charge in [0.05, 0.1) is 0 Å². The van der Waals surface area contributed by atoms with Crippen LogP contribution in [0.4, 0.5) is 4.39 Å². The predicted molar refractivity (Wildman–Crippen MR) is 85.8 cm³/mol. The SMILES string of the molecule is CN(C)CCC1CCN(S(=O)(=O)c2cccc(F)c2C#N)CC1. The molecule has 0 bridgehead atoms. The van der Waals surface area contributed by atoms with Gasteiger partial charge in [-0.25, -0.2) is 12.8 Å². The van der Waals surface area contributed by atoms with Gasteiger partial charge in [0.1, 0.15) is 22.3 Å². The number of nitriles is 1. The average molecular weight is 339 g/mol. The van der Waals surface area contributed by atoms with Crippen molar-refractivity contribution < 1.29 is 12.8 Å². The molecule has 5 nitrogen and oxygen atoms in total. The molecule has 7 heteroatoms. The van der Waals surface area contributed by atoms with Crippen molar-refractivity contribution in [3.8, 4) is 6.07 Å². The molecule has 1 aliphatic heterocycles. The molecule has 0 aromatic heterocycles. The van der Waals surface area contributed by atoms with Crippen molar-refractivity contribution in [3.05, 3.63) is 29.6 Å². The predicted octanol–water partition coefficient (Wildman–Crippen LogP) is 2.05. The molecule has 0 aliphatic carbocycles. The van der Waals surface area contributed by atoms with Crippen LogP contribution in [0.1, 0.15) is 24.8 Å². The van der Waals surface area contributed by atoms with Gasteiger partial charge in [0.2, 0.25) is 10.0 Å². The van der Waals surface area contributed by atoms with Gasteiger partial charge in [0.15, 0.2) is 0 Å². The maximum Gasteiger partial charge on any atom is 0.244 e. The Labute approximate surface area is 137 Å². The van der Waals surface area contributed by atoms with Crippen molar-refractivity contribution in [2.75, 3.05) is 33.7 Å². The number of rotatable bonds is 5. The van der Waals surface area contributed by atoms with Crippen LogP contribution in [-0.2, 0) is 10.0 Å². The third kappa shape index (κ3) is 4.08. The fraction of sp³-hybridized carbons (Fsp3) is 0.562. The third-order valence-corrected chi connectivity index (χ3v) is 6.20. The van der Waals surface area contributed by atoms with E-state index in [0.717, 1.165) is 31.9 Å². The van der Waals surface area contributed by atoms with Crippen LogP contribution in [0.15, 0.2) is 23.1 Å². The Morgan fingerprint density at radius 1 is 1.35 bits per heavy atom. The molecular formula is C16H22FN3O2S. The maximum atomic E-state index is 13.7. The molecule has 0 atom stereocenters. The molecule has 2 rings (SSSR count). The molecule has 0 spiro atoms. The van der Waals surface area contributed by atoms with Crippen LogP contribution in [0, 0.1) is 23.1 Å². The Balaban J connectivity index is 2.11. The first kappa shape index (κ1) is 17.9. The van der Waals surface area contributed by atoms with Crippen molar-refractivity contribution >= 4 is 10.0 Å². The number of sulfonamides is 1. The lowest BCUT2D eigenvalue weighted by molar-refractivity contribution is 0.243. The Morgan fingerprint density at radius 2 is 2.00 bits per heavy atom. The lowest BCUT2D eigenvalue weighted by Crippen LogP contribution is -2.39. The van der Waals surface area contributed by atoms with Crippen molar-refractivity contribution in [2.45, 2.75) is 24.2 Å². The summed E-state index contributed by atoms with van der Waals surface area (Å²) in [6, 6.07) is 5.39. The Kier molecular flexibility index (Phi) is 5.74. The highest BCUT2D eigenvalue weighted by atomic mass is 32.2. The molecule has 1 aromatic carbocycles. The highest BCUT2D eigenvalue weighted by Crippen LogP contribution is 2.27. The molecule has 126 valence electrons. The highest BCUT2D eigenvalue weighted by molar-refractivity contribution is 7.89. The van der Waals surface area contributed by atoms with E-state index in [1.165, 1.54) is 16.4 Å². The monoisotopic (exact) mass is 339 g/mol. The van der Waals surface area contributed by atoms with E-state index in [4.69, 9.17) is 5.26 Å². The van der Waals surface area contributed by atoms with Crippen LogP contribution in [0.2, 0.25) is 0 Å². The van der Waals surface area contributed by atoms with E-state index in [-0.39, 0.29) is 4.90 Å². The minimum atomic E-state index is -3.82. The normalized spacial score (nSPS) is 17.3. The molecule has 23 heavy (non-hydrogen) atoms. The minimum Gasteiger partial charge on any atom is -0.309 e. The quantitative estimate of drug-likeness (QED) is 0.823. The molecule has 0 radical (unpaired) electrons. The first-order valence-corrected chi connectivity index (χ1v) is 9.13. The van der Waals surface area contributed by atoms with Gasteiger partial charge in [-0.3, -0.25) is 0 Å². The second-order valence-corrected chi connectivity index (χ2v) is 8.07. The average Bonchev–Trinajstić information content (AvgIpc) is 2.53. The maximum absolute atomic E-state index is 13.7. The number of piperidine rings is 1. The van der Waals surface area contributed by atoms with Crippen molar-refractivity contribution in [1.82, 2.24) is 9.21 Å². The first-order chi connectivity index (χ1) is 10.9. The van der Waals surface area contributed by atoms with Gasteiger partial charge >= 0.3 is 0 Å². The van der Waals surface area contributed by atoms with Crippen molar-refractivity contribution in [1.29, 1.82) is 5.26 Å². The smallest absolute Gasteiger partial charge is 0.244 e. The van der Waals surface area contributed by atoms with Crippen molar-refractivity contribution in [3.63, 3.8) is 0 Å². The summed E-state index contributed by atoms with van der Waals surface area (Å²) in [4.78, 5) is 1.89. The van der Waals surface area contributed by atoms with Gasteiger partial charge in [-0.05, 0) is 58.0 Å². The van der Waals surface area contributed by atoms with E-state index in [1.807, 2.05) is 14.1 Å². The zero-order valence-electron chi connectivity index (χ0n) is 13.5. The van der Waals surface area contributed by atoms with Gasteiger partial charge < -0.3 is 4.90 Å². The zero-order valence-corrected chi connectivity index (χ0v) is 14.3.